The molecule has 0 amide bonds. The lowest BCUT2D eigenvalue weighted by atomic mass is 10.2. The molecule has 1 saturated heterocycles. The number of nitrogens with zero attached hydrogens (tertiary/aromatic N) is 1. The Hall–Kier alpha value is -0.780. The van der Waals surface area contributed by atoms with Gasteiger partial charge in [0.05, 0.1) is 17.5 Å². The average Bonchev–Trinajstić information content (AvgIpc) is 1.82. The van der Waals surface area contributed by atoms with Crippen molar-refractivity contribution >= 4 is 15.8 Å². The molecule has 0 radical (unpaired) electrons. The van der Waals surface area contributed by atoms with Gasteiger partial charge in [0.25, 0.3) is 0 Å². The van der Waals surface area contributed by atoms with Crippen molar-refractivity contribution in [3.05, 3.63) is 0 Å². The summed E-state index contributed by atoms with van der Waals surface area (Å²) in [6, 6.07) is -0.228. The lowest BCUT2D eigenvalue weighted by Gasteiger charge is -2.17. The number of guanidine groups is 1. The maximum absolute atomic E-state index is 11.1. The third-order valence-corrected chi connectivity index (χ3v) is 3.57. The molecule has 12 heavy (non-hydrogen) atoms. The zero-order chi connectivity index (χ0) is 9.19. The lowest BCUT2D eigenvalue weighted by molar-refractivity contribution is 0.552. The van der Waals surface area contributed by atoms with Gasteiger partial charge < -0.3 is 11.5 Å². The second-order valence-corrected chi connectivity index (χ2v) is 5.19. The molecule has 1 rings (SSSR count). The highest BCUT2D eigenvalue weighted by Crippen LogP contribution is 2.14. The van der Waals surface area contributed by atoms with Crippen molar-refractivity contribution in [1.29, 1.82) is 0 Å². The highest BCUT2D eigenvalue weighted by molar-refractivity contribution is 7.91. The standard InChI is InChI=1S/C6H13N3O2S/c7-6(8)9-5-2-1-3-12(10,11)4-5/h5H,1-4H2,(H4,7,8,9). The number of rotatable bonds is 1. The first kappa shape index (κ1) is 9.31. The summed E-state index contributed by atoms with van der Waals surface area (Å²) < 4.78 is 22.2. The molecular weight excluding hydrogens is 178 g/mol. The average molecular weight is 191 g/mol. The molecule has 6 heteroatoms. The summed E-state index contributed by atoms with van der Waals surface area (Å²) in [5.74, 6) is 0.325. The fourth-order valence-corrected chi connectivity index (χ4v) is 2.91. The minimum Gasteiger partial charge on any atom is -0.370 e. The van der Waals surface area contributed by atoms with E-state index in [4.69, 9.17) is 11.5 Å². The SMILES string of the molecule is NC(N)=NC1CCCS(=O)(=O)C1. The molecule has 0 saturated carbocycles. The monoisotopic (exact) mass is 191 g/mol. The van der Waals surface area contributed by atoms with Gasteiger partial charge in [-0.05, 0) is 12.8 Å². The van der Waals surface area contributed by atoms with E-state index in [0.29, 0.717) is 6.42 Å². The summed E-state index contributed by atoms with van der Waals surface area (Å²) in [4.78, 5) is 3.83. The topological polar surface area (TPSA) is 98.5 Å². The van der Waals surface area contributed by atoms with Gasteiger partial charge in [0, 0.05) is 0 Å². The van der Waals surface area contributed by atoms with Gasteiger partial charge in [-0.1, -0.05) is 0 Å². The first-order chi connectivity index (χ1) is 5.49. The van der Waals surface area contributed by atoms with Crippen LogP contribution in [0.25, 0.3) is 0 Å². The van der Waals surface area contributed by atoms with E-state index in [0.717, 1.165) is 6.42 Å². The largest absolute Gasteiger partial charge is 0.370 e. The van der Waals surface area contributed by atoms with Crippen molar-refractivity contribution in [1.82, 2.24) is 0 Å². The van der Waals surface area contributed by atoms with Gasteiger partial charge in [-0.25, -0.2) is 13.4 Å². The van der Waals surface area contributed by atoms with E-state index in [2.05, 4.69) is 4.99 Å². The molecule has 1 heterocycles. The summed E-state index contributed by atoms with van der Waals surface area (Å²) >= 11 is 0. The minimum absolute atomic E-state index is 0.0305. The van der Waals surface area contributed by atoms with Gasteiger partial charge in [0.1, 0.15) is 0 Å². The molecule has 0 aromatic heterocycles. The summed E-state index contributed by atoms with van der Waals surface area (Å²) in [6.07, 6.45) is 1.42. The highest BCUT2D eigenvalue weighted by atomic mass is 32.2. The van der Waals surface area contributed by atoms with Gasteiger partial charge in [-0.3, -0.25) is 0 Å². The molecule has 0 spiro atoms. The predicted octanol–water partition coefficient (Wildman–Crippen LogP) is -1.16. The summed E-state index contributed by atoms with van der Waals surface area (Å²) in [6.45, 7) is 0. The number of sulfone groups is 1. The zero-order valence-electron chi connectivity index (χ0n) is 6.73. The number of nitrogens with two attached hydrogens (primary N) is 2. The van der Waals surface area contributed by atoms with E-state index < -0.39 is 9.84 Å². The molecule has 1 unspecified atom stereocenters. The van der Waals surface area contributed by atoms with Crippen molar-refractivity contribution in [3.8, 4) is 0 Å². The first-order valence-electron chi connectivity index (χ1n) is 3.79. The van der Waals surface area contributed by atoms with Gasteiger partial charge in [0.2, 0.25) is 0 Å². The van der Waals surface area contributed by atoms with Crippen LogP contribution in [0.5, 0.6) is 0 Å². The van der Waals surface area contributed by atoms with Crippen LogP contribution in [-0.4, -0.2) is 31.9 Å². The van der Waals surface area contributed by atoms with Crippen molar-refractivity contribution in [3.63, 3.8) is 0 Å². The number of hydrogen-bond acceptors (Lipinski definition) is 3. The van der Waals surface area contributed by atoms with Crippen LogP contribution in [0.3, 0.4) is 0 Å². The molecule has 0 aromatic carbocycles. The maximum atomic E-state index is 11.1. The van der Waals surface area contributed by atoms with Crippen LogP contribution < -0.4 is 11.5 Å². The van der Waals surface area contributed by atoms with E-state index >= 15 is 0 Å². The van der Waals surface area contributed by atoms with E-state index in [1.54, 1.807) is 0 Å². The van der Waals surface area contributed by atoms with E-state index in [-0.39, 0.29) is 23.5 Å². The van der Waals surface area contributed by atoms with E-state index in [1.807, 2.05) is 0 Å². The minimum atomic E-state index is -2.90. The Bertz CT molecular complexity index is 279. The Morgan fingerprint density at radius 3 is 2.58 bits per heavy atom. The Morgan fingerprint density at radius 2 is 2.08 bits per heavy atom. The smallest absolute Gasteiger partial charge is 0.186 e. The Kier molecular flexibility index (Phi) is 2.56. The quantitative estimate of drug-likeness (QED) is 0.403. The summed E-state index contributed by atoms with van der Waals surface area (Å²) in [7, 11) is -2.90. The Morgan fingerprint density at radius 1 is 1.42 bits per heavy atom. The van der Waals surface area contributed by atoms with Crippen molar-refractivity contribution in [2.24, 2.45) is 16.5 Å². The van der Waals surface area contributed by atoms with Crippen LogP contribution in [0.15, 0.2) is 4.99 Å². The van der Waals surface area contributed by atoms with Gasteiger partial charge in [-0.15, -0.1) is 0 Å². The van der Waals surface area contributed by atoms with Gasteiger partial charge in [-0.2, -0.15) is 0 Å². The molecule has 0 aromatic rings. The van der Waals surface area contributed by atoms with Crippen molar-refractivity contribution in [2.45, 2.75) is 18.9 Å². The van der Waals surface area contributed by atoms with Crippen LogP contribution in [-0.2, 0) is 9.84 Å². The summed E-state index contributed by atoms with van der Waals surface area (Å²) in [5.41, 5.74) is 10.3. The second kappa shape index (κ2) is 3.30. The highest BCUT2D eigenvalue weighted by Gasteiger charge is 2.24. The molecule has 5 nitrogen and oxygen atoms in total. The fraction of sp³-hybridized carbons (Fsp3) is 0.833. The third-order valence-electron chi connectivity index (χ3n) is 1.77. The van der Waals surface area contributed by atoms with Crippen LogP contribution in [0.1, 0.15) is 12.8 Å². The van der Waals surface area contributed by atoms with Gasteiger partial charge in [0.15, 0.2) is 15.8 Å². The number of hydrogen-bond donors (Lipinski definition) is 2. The molecule has 1 aliphatic heterocycles. The first-order valence-corrected chi connectivity index (χ1v) is 5.61. The molecular formula is C6H13N3O2S. The lowest BCUT2D eigenvalue weighted by Crippen LogP contribution is -2.32. The van der Waals surface area contributed by atoms with E-state index in [9.17, 15) is 8.42 Å². The van der Waals surface area contributed by atoms with Crippen molar-refractivity contribution < 1.29 is 8.42 Å². The van der Waals surface area contributed by atoms with E-state index in [1.165, 1.54) is 0 Å². The van der Waals surface area contributed by atoms with Crippen LogP contribution in [0.2, 0.25) is 0 Å². The Labute approximate surface area is 71.8 Å². The molecule has 1 atom stereocenters. The third kappa shape index (κ3) is 2.69. The zero-order valence-corrected chi connectivity index (χ0v) is 7.55. The molecule has 0 bridgehead atoms. The second-order valence-electron chi connectivity index (χ2n) is 2.96. The van der Waals surface area contributed by atoms with Crippen LogP contribution >= 0.6 is 0 Å². The van der Waals surface area contributed by atoms with Gasteiger partial charge >= 0.3 is 0 Å². The molecule has 1 aliphatic rings. The number of aliphatic imine (C=N–C) groups is 1. The normalized spacial score (nSPS) is 27.8. The molecule has 1 fully saturated rings. The van der Waals surface area contributed by atoms with Crippen LogP contribution in [0.4, 0.5) is 0 Å². The summed E-state index contributed by atoms with van der Waals surface area (Å²) in [5, 5.41) is 0. The fourth-order valence-electron chi connectivity index (χ4n) is 1.31. The van der Waals surface area contributed by atoms with Crippen LogP contribution in [0, 0.1) is 0 Å². The molecule has 70 valence electrons. The maximum Gasteiger partial charge on any atom is 0.186 e. The van der Waals surface area contributed by atoms with Crippen molar-refractivity contribution in [2.75, 3.05) is 11.5 Å². The Balaban J connectivity index is 2.65. The molecule has 4 N–H and O–H groups in total. The molecule has 0 aliphatic carbocycles. The predicted molar refractivity (Wildman–Crippen MR) is 47.5 cm³/mol.